The number of hydrogen-bond donors (Lipinski definition) is 1. The van der Waals surface area contributed by atoms with Gasteiger partial charge in [0.1, 0.15) is 0 Å². The van der Waals surface area contributed by atoms with Gasteiger partial charge in [-0.05, 0) is 36.8 Å². The van der Waals surface area contributed by atoms with Crippen LogP contribution in [-0.2, 0) is 0 Å². The molecule has 0 aliphatic heterocycles. The number of carbonyl (C=O) groups is 1. The quantitative estimate of drug-likeness (QED) is 0.922. The van der Waals surface area contributed by atoms with Crippen LogP contribution in [0.1, 0.15) is 27.3 Å². The van der Waals surface area contributed by atoms with E-state index in [1.54, 1.807) is 30.4 Å². The maximum absolute atomic E-state index is 11.1. The van der Waals surface area contributed by atoms with E-state index < -0.39 is 5.97 Å². The van der Waals surface area contributed by atoms with Crippen molar-refractivity contribution in [1.29, 1.82) is 0 Å². The number of carboxylic acid groups (broad SMARTS) is 1. The molecule has 0 aliphatic carbocycles. The maximum Gasteiger partial charge on any atom is 0.337 e. The fraction of sp³-hybridized carbons (Fsp3) is 0.0667. The number of aromatic carboxylic acids is 1. The molecule has 0 fully saturated rings. The molecule has 0 saturated heterocycles. The van der Waals surface area contributed by atoms with Crippen LogP contribution in [0, 0.1) is 6.92 Å². The molecule has 0 atom stereocenters. The maximum atomic E-state index is 11.1. The first-order chi connectivity index (χ1) is 9.08. The molecule has 1 heterocycles. The minimum atomic E-state index is -0.994. The van der Waals surface area contributed by atoms with Gasteiger partial charge in [0.2, 0.25) is 0 Å². The molecule has 0 saturated carbocycles. The lowest BCUT2D eigenvalue weighted by Crippen LogP contribution is -2.02. The summed E-state index contributed by atoms with van der Waals surface area (Å²) >= 11 is 6.04. The van der Waals surface area contributed by atoms with Gasteiger partial charge in [0.05, 0.1) is 11.3 Å². The van der Waals surface area contributed by atoms with Crippen molar-refractivity contribution in [3.8, 4) is 0 Å². The molecule has 2 rings (SSSR count). The minimum Gasteiger partial charge on any atom is -0.478 e. The Morgan fingerprint density at radius 3 is 2.63 bits per heavy atom. The first kappa shape index (κ1) is 13.3. The number of aromatic nitrogens is 1. The Morgan fingerprint density at radius 1 is 1.21 bits per heavy atom. The highest BCUT2D eigenvalue weighted by atomic mass is 35.5. The Labute approximate surface area is 116 Å². The van der Waals surface area contributed by atoms with Crippen LogP contribution in [-0.4, -0.2) is 16.1 Å². The molecule has 0 unspecified atom stereocenters. The van der Waals surface area contributed by atoms with Gasteiger partial charge < -0.3 is 5.11 Å². The van der Waals surface area contributed by atoms with Crippen LogP contribution in [0.2, 0.25) is 5.02 Å². The Balaban J connectivity index is 2.41. The molecule has 2 aromatic rings. The number of benzene rings is 1. The molecular weight excluding hydrogens is 262 g/mol. The molecule has 19 heavy (non-hydrogen) atoms. The number of halogens is 1. The van der Waals surface area contributed by atoms with Crippen molar-refractivity contribution in [2.75, 3.05) is 0 Å². The van der Waals surface area contributed by atoms with Crippen molar-refractivity contribution < 1.29 is 9.90 Å². The number of hydrogen-bond acceptors (Lipinski definition) is 2. The molecule has 4 heteroatoms. The molecule has 1 aromatic carbocycles. The third-order valence-electron chi connectivity index (χ3n) is 2.62. The highest BCUT2D eigenvalue weighted by Gasteiger charge is 2.09. The van der Waals surface area contributed by atoms with Crippen molar-refractivity contribution in [3.63, 3.8) is 0 Å². The van der Waals surface area contributed by atoms with Crippen LogP contribution >= 0.6 is 11.6 Å². The van der Waals surface area contributed by atoms with Gasteiger partial charge in [0.25, 0.3) is 0 Å². The van der Waals surface area contributed by atoms with E-state index in [-0.39, 0.29) is 5.56 Å². The monoisotopic (exact) mass is 273 g/mol. The zero-order valence-corrected chi connectivity index (χ0v) is 11.1. The molecule has 0 spiro atoms. The summed E-state index contributed by atoms with van der Waals surface area (Å²) < 4.78 is 0. The Hall–Kier alpha value is -2.13. The SMILES string of the molecule is Cc1ccc(C(=O)O)c(/C=C/c2ccccc2Cl)n1. The summed E-state index contributed by atoms with van der Waals surface area (Å²) in [6.07, 6.45) is 3.42. The van der Waals surface area contributed by atoms with Crippen molar-refractivity contribution in [2.24, 2.45) is 0 Å². The van der Waals surface area contributed by atoms with Gasteiger partial charge in [-0.3, -0.25) is 4.98 Å². The summed E-state index contributed by atoms with van der Waals surface area (Å²) in [4.78, 5) is 15.3. The molecular formula is C15H12ClNO2. The number of pyridine rings is 1. The number of aryl methyl sites for hydroxylation is 1. The first-order valence-corrected chi connectivity index (χ1v) is 6.09. The molecule has 0 radical (unpaired) electrons. The van der Waals surface area contributed by atoms with Crippen LogP contribution in [0.3, 0.4) is 0 Å². The summed E-state index contributed by atoms with van der Waals surface area (Å²) in [6, 6.07) is 10.6. The van der Waals surface area contributed by atoms with Crippen LogP contribution in [0.4, 0.5) is 0 Å². The van der Waals surface area contributed by atoms with Gasteiger partial charge in [-0.2, -0.15) is 0 Å². The third kappa shape index (κ3) is 3.20. The largest absolute Gasteiger partial charge is 0.478 e. The van der Waals surface area contributed by atoms with E-state index in [1.807, 2.05) is 25.1 Å². The average molecular weight is 274 g/mol. The van der Waals surface area contributed by atoms with Gasteiger partial charge in [-0.15, -0.1) is 0 Å². The lowest BCUT2D eigenvalue weighted by molar-refractivity contribution is 0.0696. The lowest BCUT2D eigenvalue weighted by Gasteiger charge is -2.02. The fourth-order valence-electron chi connectivity index (χ4n) is 1.66. The third-order valence-corrected chi connectivity index (χ3v) is 2.96. The van der Waals surface area contributed by atoms with Crippen molar-refractivity contribution in [3.05, 3.63) is 63.9 Å². The van der Waals surface area contributed by atoms with E-state index in [2.05, 4.69) is 4.98 Å². The Bertz CT molecular complexity index is 650. The second-order valence-electron chi connectivity index (χ2n) is 4.05. The number of nitrogens with zero attached hydrogens (tertiary/aromatic N) is 1. The van der Waals surface area contributed by atoms with E-state index in [0.717, 1.165) is 11.3 Å². The van der Waals surface area contributed by atoms with E-state index in [9.17, 15) is 4.79 Å². The number of carboxylic acids is 1. The van der Waals surface area contributed by atoms with Gasteiger partial charge >= 0.3 is 5.97 Å². The zero-order chi connectivity index (χ0) is 13.8. The first-order valence-electron chi connectivity index (χ1n) is 5.71. The van der Waals surface area contributed by atoms with Gasteiger partial charge in [0.15, 0.2) is 0 Å². The normalized spacial score (nSPS) is 10.8. The molecule has 96 valence electrons. The van der Waals surface area contributed by atoms with E-state index in [0.29, 0.717) is 10.7 Å². The fourth-order valence-corrected chi connectivity index (χ4v) is 1.86. The topological polar surface area (TPSA) is 50.2 Å². The summed E-state index contributed by atoms with van der Waals surface area (Å²) in [7, 11) is 0. The molecule has 1 aromatic heterocycles. The van der Waals surface area contributed by atoms with E-state index >= 15 is 0 Å². The average Bonchev–Trinajstić information content (AvgIpc) is 2.37. The highest BCUT2D eigenvalue weighted by molar-refractivity contribution is 6.32. The lowest BCUT2D eigenvalue weighted by atomic mass is 10.1. The standard InChI is InChI=1S/C15H12ClNO2/c1-10-6-8-12(15(18)19)14(17-10)9-7-11-4-2-3-5-13(11)16/h2-9H,1H3,(H,18,19)/b9-7+. The van der Waals surface area contributed by atoms with Crippen LogP contribution in [0.25, 0.3) is 12.2 Å². The zero-order valence-electron chi connectivity index (χ0n) is 10.3. The summed E-state index contributed by atoms with van der Waals surface area (Å²) in [5.74, 6) is -0.994. The van der Waals surface area contributed by atoms with Crippen LogP contribution < -0.4 is 0 Å². The van der Waals surface area contributed by atoms with Crippen LogP contribution in [0.15, 0.2) is 36.4 Å². The second-order valence-corrected chi connectivity index (χ2v) is 4.45. The predicted molar refractivity (Wildman–Crippen MR) is 76.3 cm³/mol. The van der Waals surface area contributed by atoms with Crippen molar-refractivity contribution >= 4 is 29.7 Å². The molecule has 1 N–H and O–H groups in total. The summed E-state index contributed by atoms with van der Waals surface area (Å²) in [6.45, 7) is 1.82. The number of rotatable bonds is 3. The van der Waals surface area contributed by atoms with E-state index in [1.165, 1.54) is 0 Å². The summed E-state index contributed by atoms with van der Waals surface area (Å²) in [5, 5.41) is 9.72. The van der Waals surface area contributed by atoms with E-state index in [4.69, 9.17) is 16.7 Å². The van der Waals surface area contributed by atoms with Gasteiger partial charge in [0, 0.05) is 10.7 Å². The summed E-state index contributed by atoms with van der Waals surface area (Å²) in [5.41, 5.74) is 2.19. The molecule has 0 amide bonds. The minimum absolute atomic E-state index is 0.175. The molecule has 0 aliphatic rings. The van der Waals surface area contributed by atoms with Crippen LogP contribution in [0.5, 0.6) is 0 Å². The smallest absolute Gasteiger partial charge is 0.337 e. The molecule has 0 bridgehead atoms. The Kier molecular flexibility index (Phi) is 3.97. The van der Waals surface area contributed by atoms with Gasteiger partial charge in [-0.1, -0.05) is 35.9 Å². The van der Waals surface area contributed by atoms with Crippen molar-refractivity contribution in [1.82, 2.24) is 4.98 Å². The van der Waals surface area contributed by atoms with Gasteiger partial charge in [-0.25, -0.2) is 4.79 Å². The van der Waals surface area contributed by atoms with Crippen molar-refractivity contribution in [2.45, 2.75) is 6.92 Å². The predicted octanol–water partition coefficient (Wildman–Crippen LogP) is 3.91. The molecule has 3 nitrogen and oxygen atoms in total. The second kappa shape index (κ2) is 5.67. The Morgan fingerprint density at radius 2 is 1.95 bits per heavy atom. The highest BCUT2D eigenvalue weighted by Crippen LogP contribution is 2.18.